The van der Waals surface area contributed by atoms with E-state index in [1.165, 1.54) is 19.2 Å². The predicted octanol–water partition coefficient (Wildman–Crippen LogP) is 1.55. The molecule has 0 fully saturated rings. The average molecular weight is 288 g/mol. The molecule has 104 valence electrons. The number of carboxylic acids is 1. The van der Waals surface area contributed by atoms with Crippen molar-refractivity contribution in [2.75, 3.05) is 13.7 Å². The van der Waals surface area contributed by atoms with Crippen molar-refractivity contribution >= 4 is 23.5 Å². The van der Waals surface area contributed by atoms with E-state index in [1.807, 2.05) is 0 Å². The van der Waals surface area contributed by atoms with Crippen LogP contribution in [0.1, 0.15) is 17.3 Å². The van der Waals surface area contributed by atoms with E-state index in [1.54, 1.807) is 6.92 Å². The number of primary amides is 1. The molecule has 1 atom stereocenters. The van der Waals surface area contributed by atoms with Gasteiger partial charge in [-0.15, -0.1) is 0 Å². The second-order valence-corrected chi connectivity index (χ2v) is 4.32. The Balaban J connectivity index is 3.00. The van der Waals surface area contributed by atoms with Gasteiger partial charge in [-0.05, 0) is 12.1 Å². The summed E-state index contributed by atoms with van der Waals surface area (Å²) >= 11 is 5.94. The van der Waals surface area contributed by atoms with Gasteiger partial charge in [-0.1, -0.05) is 18.5 Å². The molecule has 19 heavy (non-hydrogen) atoms. The lowest BCUT2D eigenvalue weighted by Crippen LogP contribution is -2.25. The molecule has 3 N–H and O–H groups in total. The van der Waals surface area contributed by atoms with Gasteiger partial charge in [-0.2, -0.15) is 0 Å². The van der Waals surface area contributed by atoms with E-state index in [9.17, 15) is 9.59 Å². The van der Waals surface area contributed by atoms with Gasteiger partial charge in [-0.3, -0.25) is 4.79 Å². The Morgan fingerprint density at radius 2 is 2.11 bits per heavy atom. The quantitative estimate of drug-likeness (QED) is 0.827. The topological polar surface area (TPSA) is 98.8 Å². The number of nitrogens with two attached hydrogens (primary N) is 1. The first-order valence-electron chi connectivity index (χ1n) is 5.39. The molecule has 0 aliphatic rings. The van der Waals surface area contributed by atoms with Crippen LogP contribution in [0.15, 0.2) is 12.1 Å². The Morgan fingerprint density at radius 3 is 2.58 bits per heavy atom. The summed E-state index contributed by atoms with van der Waals surface area (Å²) in [5.74, 6) is -1.77. The molecule has 0 spiro atoms. The minimum absolute atomic E-state index is 0.0165. The van der Waals surface area contributed by atoms with Gasteiger partial charge < -0.3 is 20.3 Å². The third-order valence-electron chi connectivity index (χ3n) is 2.44. The Hall–Kier alpha value is -1.95. The minimum Gasteiger partial charge on any atom is -0.493 e. The summed E-state index contributed by atoms with van der Waals surface area (Å²) in [6.07, 6.45) is 0. The molecule has 6 nitrogen and oxygen atoms in total. The first-order chi connectivity index (χ1) is 8.86. The first kappa shape index (κ1) is 15.1. The molecule has 1 amide bonds. The van der Waals surface area contributed by atoms with Gasteiger partial charge in [0.2, 0.25) is 5.91 Å². The van der Waals surface area contributed by atoms with E-state index in [4.69, 9.17) is 31.9 Å². The van der Waals surface area contributed by atoms with E-state index in [-0.39, 0.29) is 28.7 Å². The number of rotatable bonds is 6. The van der Waals surface area contributed by atoms with Crippen LogP contribution in [0.25, 0.3) is 0 Å². The fraction of sp³-hybridized carbons (Fsp3) is 0.333. The highest BCUT2D eigenvalue weighted by molar-refractivity contribution is 6.32. The maximum atomic E-state index is 10.9. The van der Waals surface area contributed by atoms with Crippen molar-refractivity contribution in [1.82, 2.24) is 0 Å². The Kier molecular flexibility index (Phi) is 5.00. The number of carboxylic acid groups (broad SMARTS) is 1. The summed E-state index contributed by atoms with van der Waals surface area (Å²) < 4.78 is 10.4. The number of carbonyl (C=O) groups excluding carboxylic acids is 1. The lowest BCUT2D eigenvalue weighted by molar-refractivity contribution is -0.122. The van der Waals surface area contributed by atoms with E-state index in [2.05, 4.69) is 0 Å². The number of ether oxygens (including phenoxy) is 2. The monoisotopic (exact) mass is 287 g/mol. The number of amides is 1. The minimum atomic E-state index is -1.13. The SMILES string of the molecule is COc1cc(C(=O)O)cc(Cl)c1OCC(C)C(N)=O. The summed E-state index contributed by atoms with van der Waals surface area (Å²) in [7, 11) is 1.36. The van der Waals surface area contributed by atoms with Gasteiger partial charge in [-0.25, -0.2) is 4.79 Å². The number of benzene rings is 1. The fourth-order valence-electron chi connectivity index (χ4n) is 1.27. The predicted molar refractivity (Wildman–Crippen MR) is 68.8 cm³/mol. The zero-order chi connectivity index (χ0) is 14.6. The highest BCUT2D eigenvalue weighted by atomic mass is 35.5. The third kappa shape index (κ3) is 3.75. The van der Waals surface area contributed by atoms with Crippen LogP contribution in [0.4, 0.5) is 0 Å². The second-order valence-electron chi connectivity index (χ2n) is 3.91. The zero-order valence-corrected chi connectivity index (χ0v) is 11.2. The molecule has 1 rings (SSSR count). The average Bonchev–Trinajstić information content (AvgIpc) is 2.35. The van der Waals surface area contributed by atoms with Gasteiger partial charge in [0.15, 0.2) is 11.5 Å². The molecule has 1 aromatic rings. The molecular formula is C12H14ClNO5. The highest BCUT2D eigenvalue weighted by Gasteiger charge is 2.17. The van der Waals surface area contributed by atoms with Crippen LogP contribution in [0, 0.1) is 5.92 Å². The van der Waals surface area contributed by atoms with Crippen molar-refractivity contribution in [1.29, 1.82) is 0 Å². The number of hydrogen-bond donors (Lipinski definition) is 2. The lowest BCUT2D eigenvalue weighted by atomic mass is 10.2. The molecular weight excluding hydrogens is 274 g/mol. The van der Waals surface area contributed by atoms with Gasteiger partial charge in [0.1, 0.15) is 0 Å². The zero-order valence-electron chi connectivity index (χ0n) is 10.5. The van der Waals surface area contributed by atoms with E-state index in [0.29, 0.717) is 0 Å². The maximum absolute atomic E-state index is 10.9. The number of halogens is 1. The van der Waals surface area contributed by atoms with Crippen LogP contribution in [-0.4, -0.2) is 30.7 Å². The normalized spacial score (nSPS) is 11.7. The Morgan fingerprint density at radius 1 is 1.47 bits per heavy atom. The fourth-order valence-corrected chi connectivity index (χ4v) is 1.54. The van der Waals surface area contributed by atoms with Gasteiger partial charge in [0, 0.05) is 0 Å². The van der Waals surface area contributed by atoms with Gasteiger partial charge in [0.05, 0.1) is 30.2 Å². The molecule has 0 radical (unpaired) electrons. The molecule has 1 aromatic carbocycles. The molecule has 0 saturated carbocycles. The van der Waals surface area contributed by atoms with Crippen LogP contribution >= 0.6 is 11.6 Å². The van der Waals surface area contributed by atoms with Crippen molar-refractivity contribution in [3.63, 3.8) is 0 Å². The summed E-state index contributed by atoms with van der Waals surface area (Å²) in [4.78, 5) is 21.8. The van der Waals surface area contributed by atoms with Crippen molar-refractivity contribution < 1.29 is 24.2 Å². The van der Waals surface area contributed by atoms with Crippen molar-refractivity contribution in [3.05, 3.63) is 22.7 Å². The molecule has 7 heteroatoms. The largest absolute Gasteiger partial charge is 0.493 e. The standard InChI is InChI=1S/C12H14ClNO5/c1-6(11(14)15)5-19-10-8(13)3-7(12(16)17)4-9(10)18-2/h3-4,6H,5H2,1-2H3,(H2,14,15)(H,16,17). The van der Waals surface area contributed by atoms with E-state index >= 15 is 0 Å². The summed E-state index contributed by atoms with van der Waals surface area (Å²) in [6.45, 7) is 1.63. The maximum Gasteiger partial charge on any atom is 0.335 e. The number of carbonyl (C=O) groups is 2. The summed E-state index contributed by atoms with van der Waals surface area (Å²) in [5, 5.41) is 8.99. The number of methoxy groups -OCH3 is 1. The van der Waals surface area contributed by atoms with Crippen LogP contribution < -0.4 is 15.2 Å². The van der Waals surface area contributed by atoms with Crippen LogP contribution in [0.2, 0.25) is 5.02 Å². The number of aromatic carboxylic acids is 1. The third-order valence-corrected chi connectivity index (χ3v) is 2.72. The molecule has 0 aliphatic heterocycles. The van der Waals surface area contributed by atoms with Crippen molar-refractivity contribution in [2.24, 2.45) is 11.7 Å². The van der Waals surface area contributed by atoms with Crippen LogP contribution in [-0.2, 0) is 4.79 Å². The molecule has 1 unspecified atom stereocenters. The van der Waals surface area contributed by atoms with Crippen LogP contribution in [0.5, 0.6) is 11.5 Å². The van der Waals surface area contributed by atoms with Crippen LogP contribution in [0.3, 0.4) is 0 Å². The molecule has 0 bridgehead atoms. The molecule has 0 aliphatic carbocycles. The Labute approximate surface area is 115 Å². The molecule has 0 saturated heterocycles. The van der Waals surface area contributed by atoms with Crippen molar-refractivity contribution in [3.8, 4) is 11.5 Å². The smallest absolute Gasteiger partial charge is 0.335 e. The van der Waals surface area contributed by atoms with Gasteiger partial charge in [0.25, 0.3) is 0 Å². The van der Waals surface area contributed by atoms with Gasteiger partial charge >= 0.3 is 5.97 Å². The van der Waals surface area contributed by atoms with E-state index < -0.39 is 17.8 Å². The molecule has 0 aromatic heterocycles. The Bertz CT molecular complexity index is 503. The lowest BCUT2D eigenvalue weighted by Gasteiger charge is -2.15. The first-order valence-corrected chi connectivity index (χ1v) is 5.77. The summed E-state index contributed by atoms with van der Waals surface area (Å²) in [5.41, 5.74) is 5.10. The van der Waals surface area contributed by atoms with Crippen molar-refractivity contribution in [2.45, 2.75) is 6.92 Å². The number of hydrogen-bond acceptors (Lipinski definition) is 4. The second kappa shape index (κ2) is 6.29. The van der Waals surface area contributed by atoms with E-state index in [0.717, 1.165) is 0 Å². The molecule has 0 heterocycles. The summed E-state index contributed by atoms with van der Waals surface area (Å²) in [6, 6.07) is 2.54. The highest BCUT2D eigenvalue weighted by Crippen LogP contribution is 2.36.